The zero-order chi connectivity index (χ0) is 14.0. The van der Waals surface area contributed by atoms with Crippen LogP contribution < -0.4 is 0 Å². The number of rotatable bonds is 0. The first-order valence-corrected chi connectivity index (χ1v) is 8.04. The fourth-order valence-corrected chi connectivity index (χ4v) is 5.36. The van der Waals surface area contributed by atoms with Gasteiger partial charge in [-0.05, 0) is 85.0 Å². The molecule has 2 fully saturated rings. The van der Waals surface area contributed by atoms with E-state index in [2.05, 4.69) is 13.0 Å². The number of aromatic hydroxyl groups is 1. The van der Waals surface area contributed by atoms with Gasteiger partial charge in [0.15, 0.2) is 0 Å². The number of hydrogen-bond acceptors (Lipinski definition) is 2. The number of phenols is 1. The Balaban J connectivity index is 1.69. The number of aliphatic hydroxyl groups excluding tert-OH is 1. The summed E-state index contributed by atoms with van der Waals surface area (Å²) in [6.07, 6.45) is 8.01. The van der Waals surface area contributed by atoms with Crippen LogP contribution in [0.1, 0.15) is 56.6 Å². The normalized spacial score (nSPS) is 42.7. The van der Waals surface area contributed by atoms with Gasteiger partial charge in [-0.1, -0.05) is 13.0 Å². The molecule has 0 radical (unpaired) electrons. The molecule has 0 amide bonds. The molecule has 20 heavy (non-hydrogen) atoms. The predicted molar refractivity (Wildman–Crippen MR) is 78.8 cm³/mol. The molecule has 4 atom stereocenters. The first kappa shape index (κ1) is 12.7. The molecule has 3 aliphatic rings. The molecule has 0 heterocycles. The number of fused-ring (bicyclic) bond motifs is 3. The first-order valence-electron chi connectivity index (χ1n) is 8.04. The average molecular weight is 272 g/mol. The van der Waals surface area contributed by atoms with Gasteiger partial charge in [0, 0.05) is 0 Å². The van der Waals surface area contributed by atoms with Gasteiger partial charge in [0.1, 0.15) is 5.75 Å². The zero-order valence-electron chi connectivity index (χ0n) is 12.2. The van der Waals surface area contributed by atoms with Crippen molar-refractivity contribution in [2.75, 3.05) is 0 Å². The zero-order valence-corrected chi connectivity index (χ0v) is 12.2. The standard InChI is InChI=1S/C18H24O2/c1-17-8-9-18(11-13(17)2-5-16(17)20)7-6-12-10-14(19)3-4-15(12)18/h3-4,10,13,16,19-20H,2,5-9,11H2,1H3/t13-,16+,17+,18?/m1/s1. The van der Waals surface area contributed by atoms with Gasteiger partial charge in [-0.2, -0.15) is 0 Å². The summed E-state index contributed by atoms with van der Waals surface area (Å²) in [4.78, 5) is 0. The van der Waals surface area contributed by atoms with Gasteiger partial charge in [-0.15, -0.1) is 0 Å². The number of aryl methyl sites for hydroxylation is 1. The van der Waals surface area contributed by atoms with Crippen molar-refractivity contribution in [1.29, 1.82) is 0 Å². The lowest BCUT2D eigenvalue weighted by atomic mass is 9.57. The van der Waals surface area contributed by atoms with Gasteiger partial charge in [-0.25, -0.2) is 0 Å². The number of phenolic OH excluding ortho intramolecular Hbond substituents is 1. The van der Waals surface area contributed by atoms with Crippen molar-refractivity contribution in [2.24, 2.45) is 11.3 Å². The van der Waals surface area contributed by atoms with Crippen molar-refractivity contribution >= 4 is 0 Å². The van der Waals surface area contributed by atoms with Crippen LogP contribution in [0.2, 0.25) is 0 Å². The second kappa shape index (κ2) is 4.00. The van der Waals surface area contributed by atoms with Crippen LogP contribution in [-0.4, -0.2) is 16.3 Å². The third-order valence-corrected chi connectivity index (χ3v) is 6.79. The van der Waals surface area contributed by atoms with Gasteiger partial charge >= 0.3 is 0 Å². The first-order chi connectivity index (χ1) is 9.53. The van der Waals surface area contributed by atoms with Crippen LogP contribution >= 0.6 is 0 Å². The van der Waals surface area contributed by atoms with Crippen molar-refractivity contribution in [3.63, 3.8) is 0 Å². The summed E-state index contributed by atoms with van der Waals surface area (Å²) in [7, 11) is 0. The fourth-order valence-electron chi connectivity index (χ4n) is 5.36. The molecule has 2 nitrogen and oxygen atoms in total. The molecule has 2 saturated carbocycles. The summed E-state index contributed by atoms with van der Waals surface area (Å²) in [6.45, 7) is 2.30. The SMILES string of the molecule is C[C@]12CCC3(CCc4cc(O)ccc43)C[C@H]1CC[C@@H]2O. The summed E-state index contributed by atoms with van der Waals surface area (Å²) in [5.41, 5.74) is 3.33. The molecule has 0 aromatic heterocycles. The van der Waals surface area contributed by atoms with E-state index in [9.17, 15) is 10.2 Å². The van der Waals surface area contributed by atoms with Crippen molar-refractivity contribution in [3.05, 3.63) is 29.3 Å². The van der Waals surface area contributed by atoms with E-state index in [1.54, 1.807) is 0 Å². The van der Waals surface area contributed by atoms with E-state index < -0.39 is 0 Å². The highest BCUT2D eigenvalue weighted by atomic mass is 16.3. The lowest BCUT2D eigenvalue weighted by Crippen LogP contribution is -2.43. The third kappa shape index (κ3) is 1.54. The fraction of sp³-hybridized carbons (Fsp3) is 0.667. The van der Waals surface area contributed by atoms with Crippen LogP contribution in [0.3, 0.4) is 0 Å². The van der Waals surface area contributed by atoms with Gasteiger partial charge in [0.05, 0.1) is 6.10 Å². The van der Waals surface area contributed by atoms with Crippen molar-refractivity contribution < 1.29 is 10.2 Å². The molecule has 4 rings (SSSR count). The van der Waals surface area contributed by atoms with Crippen LogP contribution in [0.5, 0.6) is 5.75 Å². The molecule has 1 aromatic rings. The Labute approximate surface area is 120 Å². The maximum absolute atomic E-state index is 10.3. The van der Waals surface area contributed by atoms with E-state index >= 15 is 0 Å². The molecule has 0 bridgehead atoms. The molecule has 0 aliphatic heterocycles. The van der Waals surface area contributed by atoms with E-state index in [-0.39, 0.29) is 11.5 Å². The Morgan fingerprint density at radius 3 is 2.85 bits per heavy atom. The van der Waals surface area contributed by atoms with Gasteiger partial charge in [0.25, 0.3) is 0 Å². The Morgan fingerprint density at radius 2 is 2.00 bits per heavy atom. The maximum atomic E-state index is 10.3. The second-order valence-electron chi connectivity index (χ2n) is 7.62. The largest absolute Gasteiger partial charge is 0.508 e. The minimum atomic E-state index is -0.0921. The van der Waals surface area contributed by atoms with E-state index in [0.29, 0.717) is 17.1 Å². The van der Waals surface area contributed by atoms with Gasteiger partial charge < -0.3 is 10.2 Å². The summed E-state index contributed by atoms with van der Waals surface area (Å²) in [6, 6.07) is 5.97. The topological polar surface area (TPSA) is 40.5 Å². The molecule has 2 N–H and O–H groups in total. The smallest absolute Gasteiger partial charge is 0.115 e. The predicted octanol–water partition coefficient (Wildman–Crippen LogP) is 3.54. The Bertz CT molecular complexity index is 552. The summed E-state index contributed by atoms with van der Waals surface area (Å²) >= 11 is 0. The summed E-state index contributed by atoms with van der Waals surface area (Å²) in [5.74, 6) is 1.07. The molecule has 1 aromatic carbocycles. The Hall–Kier alpha value is -1.02. The van der Waals surface area contributed by atoms with E-state index in [4.69, 9.17) is 0 Å². The third-order valence-electron chi connectivity index (χ3n) is 6.79. The van der Waals surface area contributed by atoms with Crippen LogP contribution in [-0.2, 0) is 11.8 Å². The number of benzene rings is 1. The molecule has 108 valence electrons. The summed E-state index contributed by atoms with van der Waals surface area (Å²) in [5, 5.41) is 20.0. The Morgan fingerprint density at radius 1 is 1.15 bits per heavy atom. The van der Waals surface area contributed by atoms with Crippen molar-refractivity contribution in [3.8, 4) is 5.75 Å². The van der Waals surface area contributed by atoms with Crippen molar-refractivity contribution in [2.45, 2.75) is 63.4 Å². The minimum Gasteiger partial charge on any atom is -0.508 e. The monoisotopic (exact) mass is 272 g/mol. The second-order valence-corrected chi connectivity index (χ2v) is 7.62. The van der Waals surface area contributed by atoms with Crippen LogP contribution in [0.15, 0.2) is 18.2 Å². The van der Waals surface area contributed by atoms with Gasteiger partial charge in [-0.3, -0.25) is 0 Å². The summed E-state index contributed by atoms with van der Waals surface area (Å²) < 4.78 is 0. The molecule has 1 spiro atoms. The van der Waals surface area contributed by atoms with E-state index in [1.165, 1.54) is 36.8 Å². The number of hydrogen-bond donors (Lipinski definition) is 2. The Kier molecular flexibility index (Phi) is 2.54. The molecule has 2 heteroatoms. The van der Waals surface area contributed by atoms with Crippen LogP contribution in [0, 0.1) is 11.3 Å². The maximum Gasteiger partial charge on any atom is 0.115 e. The molecule has 0 saturated heterocycles. The molecular formula is C18H24O2. The minimum absolute atomic E-state index is 0.0921. The number of aliphatic hydroxyl groups is 1. The highest BCUT2D eigenvalue weighted by Gasteiger charge is 2.54. The van der Waals surface area contributed by atoms with Crippen LogP contribution in [0.25, 0.3) is 0 Å². The molecular weight excluding hydrogens is 248 g/mol. The lowest BCUT2D eigenvalue weighted by molar-refractivity contribution is -0.00808. The molecule has 3 aliphatic carbocycles. The van der Waals surface area contributed by atoms with Crippen LogP contribution in [0.4, 0.5) is 0 Å². The van der Waals surface area contributed by atoms with Gasteiger partial charge in [0.2, 0.25) is 0 Å². The lowest BCUT2D eigenvalue weighted by Gasteiger charge is -2.47. The molecule has 1 unspecified atom stereocenters. The highest BCUT2D eigenvalue weighted by molar-refractivity contribution is 5.44. The quantitative estimate of drug-likeness (QED) is 0.758. The highest BCUT2D eigenvalue weighted by Crippen LogP contribution is 2.60. The average Bonchev–Trinajstić information content (AvgIpc) is 2.91. The van der Waals surface area contributed by atoms with E-state index in [0.717, 1.165) is 19.3 Å². The van der Waals surface area contributed by atoms with Crippen molar-refractivity contribution in [1.82, 2.24) is 0 Å². The van der Waals surface area contributed by atoms with E-state index in [1.807, 2.05) is 12.1 Å².